The number of aryl methyl sites for hydroxylation is 2. The summed E-state index contributed by atoms with van der Waals surface area (Å²) in [5, 5.41) is 3.21. The van der Waals surface area contributed by atoms with E-state index in [1.807, 2.05) is 31.0 Å². The van der Waals surface area contributed by atoms with Gasteiger partial charge >= 0.3 is 0 Å². The van der Waals surface area contributed by atoms with Crippen LogP contribution in [0.25, 0.3) is 0 Å². The molecule has 0 amide bonds. The second-order valence-electron chi connectivity index (χ2n) is 5.47. The maximum atomic E-state index is 14.3. The molecule has 21 heavy (non-hydrogen) atoms. The summed E-state index contributed by atoms with van der Waals surface area (Å²) in [5.41, 5.74) is 4.93. The SMILES string of the molecule is CCNCc1ccc(N(C)c2cc(C)cc(C)c2)c(F)c1. The zero-order chi connectivity index (χ0) is 15.4. The molecule has 0 aliphatic heterocycles. The minimum absolute atomic E-state index is 0.188. The molecule has 0 heterocycles. The third-order valence-corrected chi connectivity index (χ3v) is 3.55. The molecule has 0 fully saturated rings. The van der Waals surface area contributed by atoms with Gasteiger partial charge in [0.15, 0.2) is 0 Å². The van der Waals surface area contributed by atoms with Crippen molar-refractivity contribution in [1.29, 1.82) is 0 Å². The van der Waals surface area contributed by atoms with Crippen LogP contribution in [0.2, 0.25) is 0 Å². The Bertz CT molecular complexity index is 602. The Labute approximate surface area is 126 Å². The summed E-state index contributed by atoms with van der Waals surface area (Å²) in [5.74, 6) is -0.188. The molecule has 0 radical (unpaired) electrons. The zero-order valence-electron chi connectivity index (χ0n) is 13.2. The topological polar surface area (TPSA) is 15.3 Å². The highest BCUT2D eigenvalue weighted by atomic mass is 19.1. The smallest absolute Gasteiger partial charge is 0.147 e. The van der Waals surface area contributed by atoms with E-state index in [1.165, 1.54) is 11.1 Å². The Kier molecular flexibility index (Phi) is 4.97. The average Bonchev–Trinajstić information content (AvgIpc) is 2.43. The molecule has 0 aromatic heterocycles. The van der Waals surface area contributed by atoms with Crippen molar-refractivity contribution in [1.82, 2.24) is 5.32 Å². The molecule has 1 N–H and O–H groups in total. The van der Waals surface area contributed by atoms with Crippen LogP contribution < -0.4 is 10.2 Å². The summed E-state index contributed by atoms with van der Waals surface area (Å²) in [4.78, 5) is 1.90. The number of rotatable bonds is 5. The van der Waals surface area contributed by atoms with E-state index >= 15 is 0 Å². The molecule has 0 bridgehead atoms. The Morgan fingerprint density at radius 1 is 1.05 bits per heavy atom. The highest BCUT2D eigenvalue weighted by Crippen LogP contribution is 2.28. The maximum absolute atomic E-state index is 14.3. The van der Waals surface area contributed by atoms with Crippen molar-refractivity contribution in [2.24, 2.45) is 0 Å². The summed E-state index contributed by atoms with van der Waals surface area (Å²) in [6.45, 7) is 7.73. The van der Waals surface area contributed by atoms with E-state index in [1.54, 1.807) is 6.07 Å². The summed E-state index contributed by atoms with van der Waals surface area (Å²) >= 11 is 0. The van der Waals surface area contributed by atoms with Gasteiger partial charge < -0.3 is 10.2 Å². The van der Waals surface area contributed by atoms with Crippen molar-refractivity contribution in [2.75, 3.05) is 18.5 Å². The summed E-state index contributed by atoms with van der Waals surface area (Å²) in [6.07, 6.45) is 0. The van der Waals surface area contributed by atoms with Crippen LogP contribution in [0.1, 0.15) is 23.6 Å². The van der Waals surface area contributed by atoms with Gasteiger partial charge in [0.05, 0.1) is 5.69 Å². The number of hydrogen-bond acceptors (Lipinski definition) is 2. The van der Waals surface area contributed by atoms with Gasteiger partial charge in [-0.1, -0.05) is 19.1 Å². The fourth-order valence-electron chi connectivity index (χ4n) is 2.49. The molecule has 0 aliphatic carbocycles. The molecule has 0 aliphatic rings. The lowest BCUT2D eigenvalue weighted by atomic mass is 10.1. The van der Waals surface area contributed by atoms with Crippen molar-refractivity contribution < 1.29 is 4.39 Å². The number of hydrogen-bond donors (Lipinski definition) is 1. The first-order chi connectivity index (χ1) is 10.0. The predicted octanol–water partition coefficient (Wildman–Crippen LogP) is 4.32. The van der Waals surface area contributed by atoms with Crippen LogP contribution in [-0.2, 0) is 6.54 Å². The molecule has 2 aromatic carbocycles. The normalized spacial score (nSPS) is 10.7. The highest BCUT2D eigenvalue weighted by Gasteiger charge is 2.11. The number of nitrogens with zero attached hydrogens (tertiary/aromatic N) is 1. The molecule has 2 rings (SSSR count). The minimum atomic E-state index is -0.188. The fourth-order valence-corrected chi connectivity index (χ4v) is 2.49. The van der Waals surface area contributed by atoms with Crippen LogP contribution in [-0.4, -0.2) is 13.6 Å². The largest absolute Gasteiger partial charge is 0.342 e. The van der Waals surface area contributed by atoms with E-state index in [2.05, 4.69) is 37.4 Å². The monoisotopic (exact) mass is 286 g/mol. The van der Waals surface area contributed by atoms with Gasteiger partial charge in [0.1, 0.15) is 5.82 Å². The van der Waals surface area contributed by atoms with E-state index in [4.69, 9.17) is 0 Å². The van der Waals surface area contributed by atoms with Gasteiger partial charge in [-0.25, -0.2) is 4.39 Å². The van der Waals surface area contributed by atoms with Crippen molar-refractivity contribution in [3.8, 4) is 0 Å². The molecule has 112 valence electrons. The standard InChI is InChI=1S/C18H23FN2/c1-5-20-12-15-6-7-18(17(19)11-15)21(4)16-9-13(2)8-14(3)10-16/h6-11,20H,5,12H2,1-4H3. The van der Waals surface area contributed by atoms with Crippen LogP contribution in [0.5, 0.6) is 0 Å². The van der Waals surface area contributed by atoms with E-state index in [0.717, 1.165) is 17.8 Å². The van der Waals surface area contributed by atoms with Gasteiger partial charge in [-0.3, -0.25) is 0 Å². The van der Waals surface area contributed by atoms with E-state index in [9.17, 15) is 4.39 Å². The maximum Gasteiger partial charge on any atom is 0.147 e. The van der Waals surface area contributed by atoms with Crippen molar-refractivity contribution in [3.63, 3.8) is 0 Å². The molecular weight excluding hydrogens is 263 g/mol. The highest BCUT2D eigenvalue weighted by molar-refractivity contribution is 5.64. The lowest BCUT2D eigenvalue weighted by Gasteiger charge is -2.21. The molecular formula is C18H23FN2. The molecule has 2 aromatic rings. The Morgan fingerprint density at radius 2 is 1.71 bits per heavy atom. The second-order valence-corrected chi connectivity index (χ2v) is 5.47. The summed E-state index contributed by atoms with van der Waals surface area (Å²) in [6, 6.07) is 11.7. The van der Waals surface area contributed by atoms with Crippen molar-refractivity contribution >= 4 is 11.4 Å². The predicted molar refractivity (Wildman–Crippen MR) is 87.8 cm³/mol. The minimum Gasteiger partial charge on any atom is -0.342 e. The molecule has 3 heteroatoms. The molecule has 2 nitrogen and oxygen atoms in total. The van der Waals surface area contributed by atoms with Crippen LogP contribution in [0.15, 0.2) is 36.4 Å². The molecule has 0 spiro atoms. The molecule has 0 unspecified atom stereocenters. The van der Waals surface area contributed by atoms with Crippen molar-refractivity contribution in [3.05, 3.63) is 58.9 Å². The van der Waals surface area contributed by atoms with Gasteiger partial charge in [0.25, 0.3) is 0 Å². The van der Waals surface area contributed by atoms with Gasteiger partial charge in [-0.2, -0.15) is 0 Å². The van der Waals surface area contributed by atoms with Crippen LogP contribution in [0, 0.1) is 19.7 Å². The molecule has 0 atom stereocenters. The lowest BCUT2D eigenvalue weighted by molar-refractivity contribution is 0.622. The Balaban J connectivity index is 2.28. The van der Waals surface area contributed by atoms with E-state index < -0.39 is 0 Å². The van der Waals surface area contributed by atoms with E-state index in [0.29, 0.717) is 12.2 Å². The average molecular weight is 286 g/mol. The van der Waals surface area contributed by atoms with Crippen LogP contribution >= 0.6 is 0 Å². The first-order valence-electron chi connectivity index (χ1n) is 7.32. The number of halogens is 1. The van der Waals surface area contributed by atoms with Gasteiger partial charge in [-0.15, -0.1) is 0 Å². The Morgan fingerprint density at radius 3 is 2.29 bits per heavy atom. The van der Waals surface area contributed by atoms with Crippen LogP contribution in [0.4, 0.5) is 15.8 Å². The summed E-state index contributed by atoms with van der Waals surface area (Å²) < 4.78 is 14.3. The first-order valence-corrected chi connectivity index (χ1v) is 7.32. The molecule has 0 saturated carbocycles. The van der Waals surface area contributed by atoms with Gasteiger partial charge in [0.2, 0.25) is 0 Å². The number of benzene rings is 2. The van der Waals surface area contributed by atoms with Crippen molar-refractivity contribution in [2.45, 2.75) is 27.3 Å². The van der Waals surface area contributed by atoms with Crippen LogP contribution in [0.3, 0.4) is 0 Å². The third-order valence-electron chi connectivity index (χ3n) is 3.55. The van der Waals surface area contributed by atoms with Gasteiger partial charge in [-0.05, 0) is 61.3 Å². The summed E-state index contributed by atoms with van der Waals surface area (Å²) in [7, 11) is 1.90. The first kappa shape index (κ1) is 15.5. The quantitative estimate of drug-likeness (QED) is 0.880. The lowest BCUT2D eigenvalue weighted by Crippen LogP contribution is -2.14. The Hall–Kier alpha value is -1.87. The number of nitrogens with one attached hydrogen (secondary N) is 1. The number of anilines is 2. The molecule has 0 saturated heterocycles. The third kappa shape index (κ3) is 3.82. The second kappa shape index (κ2) is 6.72. The fraction of sp³-hybridized carbons (Fsp3) is 0.333. The van der Waals surface area contributed by atoms with Gasteiger partial charge in [0, 0.05) is 19.3 Å². The van der Waals surface area contributed by atoms with E-state index in [-0.39, 0.29) is 5.82 Å². The zero-order valence-corrected chi connectivity index (χ0v) is 13.2.